The van der Waals surface area contributed by atoms with E-state index in [-0.39, 0.29) is 16.9 Å². The highest BCUT2D eigenvalue weighted by Crippen LogP contribution is 2.29. The summed E-state index contributed by atoms with van der Waals surface area (Å²) in [6, 6.07) is 7.50. The minimum absolute atomic E-state index is 0.0796. The Bertz CT molecular complexity index is 735. The van der Waals surface area contributed by atoms with Gasteiger partial charge in [0.15, 0.2) is 0 Å². The molecule has 0 atom stereocenters. The molecule has 2 heterocycles. The number of carbonyl (C=O) groups is 2. The lowest BCUT2D eigenvalue weighted by atomic mass is 10.1. The summed E-state index contributed by atoms with van der Waals surface area (Å²) in [5.41, 5.74) is 1.47. The van der Waals surface area contributed by atoms with Gasteiger partial charge in [-0.15, -0.1) is 0 Å². The van der Waals surface area contributed by atoms with Crippen molar-refractivity contribution in [3.63, 3.8) is 0 Å². The fraction of sp³-hybridized carbons (Fsp3) is 0.133. The summed E-state index contributed by atoms with van der Waals surface area (Å²) in [5.74, 6) is -1.66. The van der Waals surface area contributed by atoms with Crippen LogP contribution in [0.3, 0.4) is 0 Å². The number of amides is 2. The third-order valence-electron chi connectivity index (χ3n) is 3.18. The average Bonchev–Trinajstić information content (AvgIpc) is 2.61. The van der Waals surface area contributed by atoms with Crippen molar-refractivity contribution in [1.82, 2.24) is 4.98 Å². The molecule has 0 N–H and O–H groups in total. The fourth-order valence-corrected chi connectivity index (χ4v) is 2.39. The van der Waals surface area contributed by atoms with Crippen molar-refractivity contribution in [1.29, 1.82) is 0 Å². The lowest BCUT2D eigenvalue weighted by Crippen LogP contribution is -2.30. The van der Waals surface area contributed by atoms with E-state index >= 15 is 0 Å². The van der Waals surface area contributed by atoms with Gasteiger partial charge in [0.2, 0.25) is 0 Å². The van der Waals surface area contributed by atoms with Gasteiger partial charge in [0, 0.05) is 5.69 Å². The third kappa shape index (κ3) is 1.71. The zero-order valence-corrected chi connectivity index (χ0v) is 11.0. The van der Waals surface area contributed by atoms with E-state index in [4.69, 9.17) is 0 Å². The van der Waals surface area contributed by atoms with Crippen molar-refractivity contribution in [2.24, 2.45) is 0 Å². The van der Waals surface area contributed by atoms with Crippen molar-refractivity contribution in [3.8, 4) is 0 Å². The Balaban J connectivity index is 2.17. The molecule has 0 fully saturated rings. The van der Waals surface area contributed by atoms with Crippen molar-refractivity contribution in [2.45, 2.75) is 13.8 Å². The van der Waals surface area contributed by atoms with Crippen molar-refractivity contribution >= 4 is 17.6 Å². The van der Waals surface area contributed by atoms with Gasteiger partial charge in [-0.25, -0.2) is 14.3 Å². The number of nitrogens with zero attached hydrogens (tertiary/aromatic N) is 2. The summed E-state index contributed by atoms with van der Waals surface area (Å²) >= 11 is 0. The minimum Gasteiger partial charge on any atom is -0.268 e. The Kier molecular flexibility index (Phi) is 2.64. The van der Waals surface area contributed by atoms with Crippen LogP contribution >= 0.6 is 0 Å². The Hall–Kier alpha value is -2.56. The molecule has 0 aliphatic carbocycles. The van der Waals surface area contributed by atoms with Gasteiger partial charge in [0.05, 0.1) is 11.1 Å². The van der Waals surface area contributed by atoms with Crippen LogP contribution in [0.25, 0.3) is 0 Å². The summed E-state index contributed by atoms with van der Waals surface area (Å²) < 4.78 is 13.7. The quantitative estimate of drug-likeness (QED) is 0.748. The number of hydrogen-bond donors (Lipinski definition) is 0. The SMILES string of the molecule is Cc1cc(C)nc(N2C(=O)c3cccc(F)c3C2=O)c1. The van der Waals surface area contributed by atoms with Gasteiger partial charge in [0.1, 0.15) is 11.6 Å². The second-order valence-corrected chi connectivity index (χ2v) is 4.75. The molecule has 0 spiro atoms. The average molecular weight is 270 g/mol. The molecule has 1 aromatic carbocycles. The molecule has 0 saturated carbocycles. The number of carbonyl (C=O) groups excluding carboxylic acids is 2. The van der Waals surface area contributed by atoms with Crippen LogP contribution in [0.5, 0.6) is 0 Å². The van der Waals surface area contributed by atoms with Crippen molar-refractivity contribution < 1.29 is 14.0 Å². The monoisotopic (exact) mass is 270 g/mol. The van der Waals surface area contributed by atoms with Gasteiger partial charge in [-0.3, -0.25) is 9.59 Å². The Morgan fingerprint density at radius 1 is 1.10 bits per heavy atom. The van der Waals surface area contributed by atoms with Gasteiger partial charge < -0.3 is 0 Å². The normalized spacial score (nSPS) is 13.8. The van der Waals surface area contributed by atoms with Gasteiger partial charge >= 0.3 is 0 Å². The number of anilines is 1. The molecule has 3 rings (SSSR count). The first-order valence-electron chi connectivity index (χ1n) is 6.11. The van der Waals surface area contributed by atoms with E-state index in [2.05, 4.69) is 4.98 Å². The second-order valence-electron chi connectivity index (χ2n) is 4.75. The molecule has 0 saturated heterocycles. The summed E-state index contributed by atoms with van der Waals surface area (Å²) in [7, 11) is 0. The first-order valence-corrected chi connectivity index (χ1v) is 6.11. The predicted molar refractivity (Wildman–Crippen MR) is 71.3 cm³/mol. The van der Waals surface area contributed by atoms with E-state index in [1.54, 1.807) is 13.0 Å². The number of rotatable bonds is 1. The van der Waals surface area contributed by atoms with E-state index in [0.717, 1.165) is 10.5 Å². The highest BCUT2D eigenvalue weighted by atomic mass is 19.1. The number of halogens is 1. The predicted octanol–water partition coefficient (Wildman–Crippen LogP) is 2.64. The highest BCUT2D eigenvalue weighted by Gasteiger charge is 2.39. The lowest BCUT2D eigenvalue weighted by molar-refractivity contribution is 0.0924. The van der Waals surface area contributed by atoms with Crippen LogP contribution < -0.4 is 4.90 Å². The molecule has 1 aromatic heterocycles. The van der Waals surface area contributed by atoms with E-state index in [0.29, 0.717) is 5.69 Å². The van der Waals surface area contributed by atoms with E-state index in [1.165, 1.54) is 18.2 Å². The van der Waals surface area contributed by atoms with Crippen LogP contribution in [0.15, 0.2) is 30.3 Å². The topological polar surface area (TPSA) is 50.3 Å². The minimum atomic E-state index is -0.687. The standard InChI is InChI=1S/C15H11FN2O2/c1-8-6-9(2)17-12(7-8)18-14(19)10-4-3-5-11(16)13(10)15(18)20/h3-7H,1-2H3. The fourth-order valence-electron chi connectivity index (χ4n) is 2.39. The molecule has 20 heavy (non-hydrogen) atoms. The molecule has 0 unspecified atom stereocenters. The molecule has 2 aromatic rings. The molecule has 100 valence electrons. The molecule has 1 aliphatic heterocycles. The molecule has 5 heteroatoms. The maximum Gasteiger partial charge on any atom is 0.270 e. The molecule has 0 radical (unpaired) electrons. The highest BCUT2D eigenvalue weighted by molar-refractivity contribution is 6.34. The summed E-state index contributed by atoms with van der Waals surface area (Å²) in [6.45, 7) is 3.62. The number of fused-ring (bicyclic) bond motifs is 1. The number of benzene rings is 1. The van der Waals surface area contributed by atoms with Crippen LogP contribution in [0.1, 0.15) is 32.0 Å². The van der Waals surface area contributed by atoms with Gasteiger partial charge in [-0.1, -0.05) is 6.07 Å². The Morgan fingerprint density at radius 3 is 2.50 bits per heavy atom. The second kappa shape index (κ2) is 4.23. The van der Waals surface area contributed by atoms with Crippen LogP contribution in [-0.4, -0.2) is 16.8 Å². The number of hydrogen-bond acceptors (Lipinski definition) is 3. The van der Waals surface area contributed by atoms with Gasteiger partial charge in [0.25, 0.3) is 11.8 Å². The van der Waals surface area contributed by atoms with Crippen LogP contribution in [-0.2, 0) is 0 Å². The number of aromatic nitrogens is 1. The van der Waals surface area contributed by atoms with Crippen molar-refractivity contribution in [2.75, 3.05) is 4.90 Å². The first kappa shape index (κ1) is 12.5. The summed E-state index contributed by atoms with van der Waals surface area (Å²) in [4.78, 5) is 29.7. The van der Waals surface area contributed by atoms with E-state index in [1.807, 2.05) is 13.0 Å². The van der Waals surface area contributed by atoms with Crippen LogP contribution in [0, 0.1) is 19.7 Å². The van der Waals surface area contributed by atoms with E-state index in [9.17, 15) is 14.0 Å². The Morgan fingerprint density at radius 2 is 1.85 bits per heavy atom. The maximum atomic E-state index is 13.7. The third-order valence-corrected chi connectivity index (χ3v) is 3.18. The molecule has 0 bridgehead atoms. The molecule has 2 amide bonds. The summed E-state index contributed by atoms with van der Waals surface area (Å²) in [6.07, 6.45) is 0. The van der Waals surface area contributed by atoms with Gasteiger partial charge in [-0.2, -0.15) is 0 Å². The van der Waals surface area contributed by atoms with Crippen LogP contribution in [0.2, 0.25) is 0 Å². The zero-order valence-electron chi connectivity index (χ0n) is 11.0. The van der Waals surface area contributed by atoms with Crippen molar-refractivity contribution in [3.05, 3.63) is 58.5 Å². The molecule has 4 nitrogen and oxygen atoms in total. The zero-order chi connectivity index (χ0) is 14.4. The Labute approximate surface area is 114 Å². The largest absolute Gasteiger partial charge is 0.270 e. The number of pyridine rings is 1. The maximum absolute atomic E-state index is 13.7. The smallest absolute Gasteiger partial charge is 0.268 e. The van der Waals surface area contributed by atoms with Gasteiger partial charge in [-0.05, 0) is 43.7 Å². The first-order chi connectivity index (χ1) is 9.49. The van der Waals surface area contributed by atoms with E-state index < -0.39 is 17.6 Å². The number of aryl methyl sites for hydroxylation is 2. The lowest BCUT2D eigenvalue weighted by Gasteiger charge is -2.14. The molecule has 1 aliphatic rings. The molecular formula is C15H11FN2O2. The summed E-state index contributed by atoms with van der Waals surface area (Å²) in [5, 5.41) is 0. The van der Waals surface area contributed by atoms with Crippen LogP contribution in [0.4, 0.5) is 10.2 Å². The number of imide groups is 1. The molecular weight excluding hydrogens is 259 g/mol.